The summed E-state index contributed by atoms with van der Waals surface area (Å²) in [4.78, 5) is 9.92. The molecule has 4 nitrogen and oxygen atoms in total. The molecule has 12 aromatic rings. The number of imidazole rings is 1. The second-order valence-electron chi connectivity index (χ2n) is 21.2. The van der Waals surface area contributed by atoms with Crippen LogP contribution in [-0.4, -0.2) is 14.5 Å². The number of rotatable bonds is 7. The molecule has 0 fully saturated rings. The summed E-state index contributed by atoms with van der Waals surface area (Å²) < 4.78 is 65.9. The third-order valence-electron chi connectivity index (χ3n) is 14.3. The van der Waals surface area contributed by atoms with Gasteiger partial charge < -0.3 is 14.0 Å². The van der Waals surface area contributed by atoms with Gasteiger partial charge in [-0.15, -0.1) is 53.1 Å². The topological polar surface area (TPSA) is 43.9 Å². The molecule has 0 saturated carbocycles. The molecule has 0 unspecified atom stereocenters. The van der Waals surface area contributed by atoms with E-state index in [1.165, 1.54) is 28.3 Å². The summed E-state index contributed by atoms with van der Waals surface area (Å²) in [5.74, 6) is 0.260. The van der Waals surface area contributed by atoms with Crippen molar-refractivity contribution in [2.75, 3.05) is 0 Å². The molecule has 0 atom stereocenters. The maximum absolute atomic E-state index is 8.66. The number of hydrogen-bond donors (Lipinski definition) is 0. The third kappa shape index (κ3) is 9.05. The molecule has 5 heteroatoms. The van der Waals surface area contributed by atoms with Gasteiger partial charge in [0, 0.05) is 52.4 Å². The smallest absolute Gasteiger partial charge is 0.121 e. The summed E-state index contributed by atoms with van der Waals surface area (Å²) in [5.41, 5.74) is 13.2. The van der Waals surface area contributed by atoms with Gasteiger partial charge in [-0.3, -0.25) is 4.98 Å². The summed E-state index contributed by atoms with van der Waals surface area (Å²) >= 11 is 0. The standard InChI is InChI=1S/C50H39N2O.C19H24N.Ir/c1-29(2)40-26-36(32-13-7-6-8-14-32)27-41(30(3)4)47(40)52-48-38-18-12-10-16-34(38)22-24-44(48)51-50(52)39-23-19-31(5)46-43-25-35-21-20-33-15-9-11-17-37(33)42(35)28-45(43)53-49(39)46;1-13(2)16-12-20-18(11-17(16)19(4,5)6)15-9-7-14(3)8-10-15;/h6-22,24-30H,1-5H3;7-9,11-13H,1-6H3;/q2*-1;/i5D3;3D3,13D;. The van der Waals surface area contributed by atoms with Crippen LogP contribution < -0.4 is 0 Å². The number of nitrogens with zero attached hydrogens (tertiary/aromatic N) is 3. The Kier molecular flexibility index (Phi) is 11.4. The molecular formula is C69H63IrN3O-2. The third-order valence-corrected chi connectivity index (χ3v) is 14.3. The minimum Gasteiger partial charge on any atom is -0.501 e. The molecule has 371 valence electrons. The molecule has 1 radical (unpaired) electrons. The van der Waals surface area contributed by atoms with E-state index in [1.54, 1.807) is 24.4 Å². The first-order chi connectivity index (χ1) is 37.9. The Labute approximate surface area is 459 Å². The van der Waals surface area contributed by atoms with Crippen molar-refractivity contribution >= 4 is 65.3 Å². The quantitative estimate of drug-likeness (QED) is 0.118. The van der Waals surface area contributed by atoms with Crippen LogP contribution in [0.25, 0.3) is 105 Å². The summed E-state index contributed by atoms with van der Waals surface area (Å²) in [7, 11) is 0. The molecule has 0 N–H and O–H groups in total. The van der Waals surface area contributed by atoms with Gasteiger partial charge >= 0.3 is 0 Å². The fourth-order valence-electron chi connectivity index (χ4n) is 10.5. The van der Waals surface area contributed by atoms with Gasteiger partial charge in [0.1, 0.15) is 5.58 Å². The first-order valence-electron chi connectivity index (χ1n) is 28.8. The fourth-order valence-corrected chi connectivity index (χ4v) is 10.5. The molecule has 74 heavy (non-hydrogen) atoms. The Morgan fingerprint density at radius 1 is 0.622 bits per heavy atom. The summed E-state index contributed by atoms with van der Waals surface area (Å²) in [6.07, 6.45) is 1.76. The SMILES string of the molecule is [2H]C([2H])([2H])c1c[c-]c(-c2cc(C(C)(C)C)c(C([2H])(C)C)cn2)cc1.[2H]C([2H])([2H])c1c[c-]c(-c2nc3ccc4ccccc4c3n2-c2c(C(C)C)cc(-c3ccccc3)cc2C(C)C)c2oc3cc4c(ccc5ccccc54)cc3c12.[Ir]. The van der Waals surface area contributed by atoms with Crippen molar-refractivity contribution in [3.63, 3.8) is 0 Å². The molecule has 0 aliphatic carbocycles. The fraction of sp³-hybridized carbons (Fsp3) is 0.217. The largest absolute Gasteiger partial charge is 0.501 e. The molecular weight excluding hydrogens is 1080 g/mol. The molecule has 12 rings (SSSR count). The number of aromatic nitrogens is 3. The van der Waals surface area contributed by atoms with Crippen LogP contribution in [0.2, 0.25) is 0 Å². The first kappa shape index (κ1) is 42.2. The van der Waals surface area contributed by atoms with Crippen LogP contribution in [-0.2, 0) is 25.5 Å². The van der Waals surface area contributed by atoms with Gasteiger partial charge in [-0.1, -0.05) is 190 Å². The van der Waals surface area contributed by atoms with Crippen LogP contribution in [0.3, 0.4) is 0 Å². The van der Waals surface area contributed by atoms with Crippen molar-refractivity contribution in [2.45, 2.75) is 99.2 Å². The number of hydrogen-bond acceptors (Lipinski definition) is 3. The number of aryl methyl sites for hydroxylation is 2. The zero-order valence-corrected chi connectivity index (χ0v) is 45.7. The van der Waals surface area contributed by atoms with Gasteiger partial charge in [0.05, 0.1) is 22.4 Å². The van der Waals surface area contributed by atoms with Crippen molar-refractivity contribution < 1.29 is 34.1 Å². The van der Waals surface area contributed by atoms with Crippen LogP contribution in [0, 0.1) is 25.8 Å². The van der Waals surface area contributed by atoms with Crippen molar-refractivity contribution in [2.24, 2.45) is 0 Å². The Morgan fingerprint density at radius 3 is 1.96 bits per heavy atom. The zero-order valence-electron chi connectivity index (χ0n) is 50.3. The number of fused-ring (bicyclic) bond motifs is 9. The Hall–Kier alpha value is -7.17. The average molecular weight is 1150 g/mol. The van der Waals surface area contributed by atoms with Crippen molar-refractivity contribution in [1.82, 2.24) is 14.5 Å². The van der Waals surface area contributed by atoms with Gasteiger partial charge in [-0.05, 0) is 119 Å². The number of furan rings is 1. The Balaban J connectivity index is 0.000000249. The van der Waals surface area contributed by atoms with E-state index in [-0.39, 0.29) is 48.5 Å². The molecule has 9 aromatic carbocycles. The van der Waals surface area contributed by atoms with Gasteiger partial charge in [-0.2, -0.15) is 0 Å². The maximum Gasteiger partial charge on any atom is 0.121 e. The summed E-state index contributed by atoms with van der Waals surface area (Å²) in [6.45, 7) is 14.5. The van der Waals surface area contributed by atoms with E-state index in [1.807, 2.05) is 32.0 Å². The van der Waals surface area contributed by atoms with E-state index in [2.05, 4.69) is 185 Å². The predicted octanol–water partition coefficient (Wildman–Crippen LogP) is 19.3. The van der Waals surface area contributed by atoms with Gasteiger partial charge in [-0.25, -0.2) is 0 Å². The predicted molar refractivity (Wildman–Crippen MR) is 310 cm³/mol. The molecule has 3 heterocycles. The molecule has 0 amide bonds. The summed E-state index contributed by atoms with van der Waals surface area (Å²) in [6, 6.07) is 59.5. The second kappa shape index (κ2) is 19.9. The van der Waals surface area contributed by atoms with Crippen LogP contribution >= 0.6 is 0 Å². The molecule has 0 saturated heterocycles. The average Bonchev–Trinajstić information content (AvgIpc) is 4.01. The number of pyridine rings is 1. The Morgan fingerprint density at radius 2 is 1.30 bits per heavy atom. The second-order valence-corrected chi connectivity index (χ2v) is 21.2. The minimum absolute atomic E-state index is 0. The molecule has 0 aliphatic rings. The molecule has 0 spiro atoms. The van der Waals surface area contributed by atoms with Crippen LogP contribution in [0.15, 0.2) is 168 Å². The van der Waals surface area contributed by atoms with E-state index in [4.69, 9.17) is 19.0 Å². The monoisotopic (exact) mass is 1150 g/mol. The Bertz CT molecular complexity index is 4320. The maximum atomic E-state index is 8.66. The van der Waals surface area contributed by atoms with Crippen molar-refractivity contribution in [1.29, 1.82) is 0 Å². The van der Waals surface area contributed by atoms with E-state index >= 15 is 0 Å². The number of benzene rings is 9. The zero-order chi connectivity index (χ0) is 56.8. The van der Waals surface area contributed by atoms with E-state index in [0.29, 0.717) is 27.9 Å². The van der Waals surface area contributed by atoms with Crippen LogP contribution in [0.4, 0.5) is 0 Å². The van der Waals surface area contributed by atoms with Crippen LogP contribution in [0.5, 0.6) is 0 Å². The van der Waals surface area contributed by atoms with Crippen molar-refractivity contribution in [3.8, 4) is 39.5 Å². The van der Waals surface area contributed by atoms with E-state index in [9.17, 15) is 0 Å². The van der Waals surface area contributed by atoms with Crippen LogP contribution in [0.1, 0.15) is 123 Å². The van der Waals surface area contributed by atoms with Gasteiger partial charge in [0.25, 0.3) is 0 Å². The van der Waals surface area contributed by atoms with Gasteiger partial charge in [0.15, 0.2) is 0 Å². The first-order valence-corrected chi connectivity index (χ1v) is 25.3. The van der Waals surface area contributed by atoms with Crippen molar-refractivity contribution in [3.05, 3.63) is 209 Å². The molecule has 0 aliphatic heterocycles. The molecule has 0 bridgehead atoms. The molecule has 3 aromatic heterocycles. The summed E-state index contributed by atoms with van der Waals surface area (Å²) in [5, 5.41) is 7.84. The van der Waals surface area contributed by atoms with E-state index < -0.39 is 19.6 Å². The normalized spacial score (nSPS) is 13.9. The minimum atomic E-state index is -2.40. The van der Waals surface area contributed by atoms with E-state index in [0.717, 1.165) is 76.8 Å². The van der Waals surface area contributed by atoms with Gasteiger partial charge in [0.2, 0.25) is 0 Å².